The molecule has 1 aliphatic carbocycles. The number of hydrogen-bond donors (Lipinski definition) is 3. The lowest BCUT2D eigenvalue weighted by Crippen LogP contribution is -2.21. The SMILES string of the molecule is Cc1c(C2=NCNc3ncc(C4=C[C@@H](C)C=CC(NC(C)C)=C4)cc32)[nH]c2ccnc(-c3ccsc3)c12. The summed E-state index contributed by atoms with van der Waals surface area (Å²) in [7, 11) is 0. The van der Waals surface area contributed by atoms with Crippen molar-refractivity contribution in [3.63, 3.8) is 0 Å². The van der Waals surface area contributed by atoms with Crippen LogP contribution >= 0.6 is 11.3 Å². The third-order valence-electron chi connectivity index (χ3n) is 6.74. The number of aryl methyl sites for hydroxylation is 1. The predicted molar refractivity (Wildman–Crippen MR) is 155 cm³/mol. The van der Waals surface area contributed by atoms with E-state index >= 15 is 0 Å². The first-order chi connectivity index (χ1) is 18.0. The Bertz CT molecular complexity index is 1600. The van der Waals surface area contributed by atoms with Gasteiger partial charge in [-0.25, -0.2) is 4.98 Å². The summed E-state index contributed by atoms with van der Waals surface area (Å²) in [6.45, 7) is 9.16. The average molecular weight is 507 g/mol. The van der Waals surface area contributed by atoms with Crippen molar-refractivity contribution in [3.05, 3.63) is 93.7 Å². The summed E-state index contributed by atoms with van der Waals surface area (Å²) >= 11 is 1.68. The third-order valence-corrected chi connectivity index (χ3v) is 7.42. The van der Waals surface area contributed by atoms with Gasteiger partial charge in [0.1, 0.15) is 12.5 Å². The molecule has 2 aliphatic rings. The van der Waals surface area contributed by atoms with Crippen LogP contribution in [0.3, 0.4) is 0 Å². The summed E-state index contributed by atoms with van der Waals surface area (Å²) in [5.41, 5.74) is 10.6. The summed E-state index contributed by atoms with van der Waals surface area (Å²) in [4.78, 5) is 18.1. The molecule has 4 aromatic rings. The van der Waals surface area contributed by atoms with E-state index in [2.05, 4.69) is 90.5 Å². The van der Waals surface area contributed by atoms with Gasteiger partial charge in [0.05, 0.1) is 17.1 Å². The molecule has 0 saturated carbocycles. The molecule has 0 aromatic carbocycles. The van der Waals surface area contributed by atoms with Crippen LogP contribution in [0.5, 0.6) is 0 Å². The summed E-state index contributed by atoms with van der Waals surface area (Å²) in [5, 5.41) is 12.3. The third kappa shape index (κ3) is 4.40. The number of H-pyrrole nitrogens is 1. The number of aromatic nitrogens is 3. The van der Waals surface area contributed by atoms with Gasteiger partial charge in [-0.3, -0.25) is 9.98 Å². The zero-order valence-electron chi connectivity index (χ0n) is 21.5. The number of thiophene rings is 1. The molecule has 0 saturated heterocycles. The van der Waals surface area contributed by atoms with Crippen LogP contribution in [0.4, 0.5) is 5.82 Å². The minimum absolute atomic E-state index is 0.319. The molecular weight excluding hydrogens is 476 g/mol. The first-order valence-corrected chi connectivity index (χ1v) is 13.6. The highest BCUT2D eigenvalue weighted by Crippen LogP contribution is 2.35. The zero-order valence-corrected chi connectivity index (χ0v) is 22.3. The van der Waals surface area contributed by atoms with Gasteiger partial charge in [0.2, 0.25) is 0 Å². The van der Waals surface area contributed by atoms with Crippen molar-refractivity contribution in [2.75, 3.05) is 12.0 Å². The summed E-state index contributed by atoms with van der Waals surface area (Å²) in [6, 6.07) is 6.73. The molecule has 5 heterocycles. The van der Waals surface area contributed by atoms with E-state index in [0.29, 0.717) is 18.6 Å². The fraction of sp³-hybridized carbons (Fsp3) is 0.233. The number of fused-ring (bicyclic) bond motifs is 2. The van der Waals surface area contributed by atoms with Crippen LogP contribution in [0.15, 0.2) is 76.3 Å². The topological polar surface area (TPSA) is 78.0 Å². The fourth-order valence-corrected chi connectivity index (χ4v) is 5.69. The Kier molecular flexibility index (Phi) is 6.00. The van der Waals surface area contributed by atoms with Crippen molar-refractivity contribution in [2.24, 2.45) is 10.9 Å². The largest absolute Gasteiger partial charge is 0.383 e. The van der Waals surface area contributed by atoms with Crippen LogP contribution in [0.2, 0.25) is 0 Å². The minimum Gasteiger partial charge on any atom is -0.383 e. The fourth-order valence-electron chi connectivity index (χ4n) is 5.05. The monoisotopic (exact) mass is 506 g/mol. The molecule has 186 valence electrons. The van der Waals surface area contributed by atoms with E-state index in [9.17, 15) is 0 Å². The zero-order chi connectivity index (χ0) is 25.5. The van der Waals surface area contributed by atoms with Gasteiger partial charge in [-0.1, -0.05) is 19.1 Å². The lowest BCUT2D eigenvalue weighted by Gasteiger charge is -2.19. The summed E-state index contributed by atoms with van der Waals surface area (Å²) in [6.07, 6.45) is 12.7. The van der Waals surface area contributed by atoms with E-state index in [1.165, 1.54) is 0 Å². The quantitative estimate of drug-likeness (QED) is 0.282. The Morgan fingerprint density at radius 2 is 2.05 bits per heavy atom. The van der Waals surface area contributed by atoms with Crippen LogP contribution < -0.4 is 10.6 Å². The van der Waals surface area contributed by atoms with Crippen LogP contribution in [0, 0.1) is 12.8 Å². The van der Waals surface area contributed by atoms with E-state index in [1.54, 1.807) is 11.3 Å². The van der Waals surface area contributed by atoms with Crippen LogP contribution in [0.25, 0.3) is 27.7 Å². The average Bonchev–Trinajstić information content (AvgIpc) is 3.50. The number of pyridine rings is 2. The number of anilines is 1. The smallest absolute Gasteiger partial charge is 0.136 e. The van der Waals surface area contributed by atoms with Crippen molar-refractivity contribution in [1.82, 2.24) is 20.3 Å². The van der Waals surface area contributed by atoms with E-state index in [-0.39, 0.29) is 0 Å². The molecule has 7 heteroatoms. The van der Waals surface area contributed by atoms with Crippen LogP contribution in [-0.2, 0) is 0 Å². The number of nitrogens with zero attached hydrogens (tertiary/aromatic N) is 3. The molecule has 1 atom stereocenters. The lowest BCUT2D eigenvalue weighted by molar-refractivity contribution is 0.681. The Hall–Kier alpha value is -3.97. The molecule has 0 spiro atoms. The second-order valence-corrected chi connectivity index (χ2v) is 10.7. The lowest BCUT2D eigenvalue weighted by atomic mass is 9.97. The number of aromatic amines is 1. The Labute approximate surface area is 221 Å². The Balaban J connectivity index is 1.45. The van der Waals surface area contributed by atoms with Crippen molar-refractivity contribution in [3.8, 4) is 11.3 Å². The molecule has 6 nitrogen and oxygen atoms in total. The normalized spacial score (nSPS) is 17.1. The van der Waals surface area contributed by atoms with E-state index in [1.807, 2.05) is 18.5 Å². The second kappa shape index (κ2) is 9.48. The van der Waals surface area contributed by atoms with Gasteiger partial charge in [0.15, 0.2) is 0 Å². The Morgan fingerprint density at radius 1 is 1.16 bits per heavy atom. The van der Waals surface area contributed by atoms with Crippen molar-refractivity contribution < 1.29 is 0 Å². The van der Waals surface area contributed by atoms with Gasteiger partial charge in [-0.2, -0.15) is 11.3 Å². The second-order valence-electron chi connectivity index (χ2n) is 9.92. The maximum Gasteiger partial charge on any atom is 0.136 e. The molecule has 0 fully saturated rings. The molecule has 37 heavy (non-hydrogen) atoms. The molecule has 1 aliphatic heterocycles. The molecule has 3 N–H and O–H groups in total. The molecule has 4 aromatic heterocycles. The van der Waals surface area contributed by atoms with Crippen molar-refractivity contribution >= 4 is 39.3 Å². The summed E-state index contributed by atoms with van der Waals surface area (Å²) in [5.74, 6) is 1.17. The maximum absolute atomic E-state index is 4.92. The van der Waals surface area contributed by atoms with Crippen molar-refractivity contribution in [1.29, 1.82) is 0 Å². The maximum atomic E-state index is 4.92. The van der Waals surface area contributed by atoms with E-state index in [0.717, 1.165) is 67.3 Å². The number of rotatable bonds is 5. The standard InChI is InChI=1S/C30H30N6S/c1-17(2)35-23-6-5-18(3)11-21(12-23)22-13-24-29(33-16-34-30(24)32-14-22)27-19(4)26-25(36-27)7-9-31-28(26)20-8-10-37-15-20/h5-15,17-18,35-36H,16H2,1-4H3,(H,32,34)/t18-/m0/s1. The highest BCUT2D eigenvalue weighted by atomic mass is 32.1. The number of hydrogen-bond acceptors (Lipinski definition) is 6. The molecule has 0 radical (unpaired) electrons. The first-order valence-electron chi connectivity index (χ1n) is 12.7. The van der Waals surface area contributed by atoms with Gasteiger partial charge in [-0.15, -0.1) is 0 Å². The van der Waals surface area contributed by atoms with Crippen LogP contribution in [-0.4, -0.2) is 33.4 Å². The number of nitrogens with one attached hydrogen (secondary N) is 3. The first kappa shape index (κ1) is 23.4. The van der Waals surface area contributed by atoms with Gasteiger partial charge in [0.25, 0.3) is 0 Å². The molecular formula is C30H30N6S. The molecule has 0 amide bonds. The predicted octanol–water partition coefficient (Wildman–Crippen LogP) is 6.69. The minimum atomic E-state index is 0.319. The van der Waals surface area contributed by atoms with Gasteiger partial charge in [-0.05, 0) is 73.6 Å². The molecule has 0 bridgehead atoms. The number of allylic oxidation sites excluding steroid dienone is 5. The highest BCUT2D eigenvalue weighted by molar-refractivity contribution is 7.08. The summed E-state index contributed by atoms with van der Waals surface area (Å²) < 4.78 is 0. The number of aliphatic imine (C=N–C) groups is 1. The molecule has 0 unspecified atom stereocenters. The molecule has 6 rings (SSSR count). The van der Waals surface area contributed by atoms with E-state index < -0.39 is 0 Å². The van der Waals surface area contributed by atoms with Gasteiger partial charge in [0, 0.05) is 57.1 Å². The van der Waals surface area contributed by atoms with Gasteiger partial charge >= 0.3 is 0 Å². The van der Waals surface area contributed by atoms with Crippen molar-refractivity contribution in [2.45, 2.75) is 33.7 Å². The van der Waals surface area contributed by atoms with E-state index in [4.69, 9.17) is 15.0 Å². The Morgan fingerprint density at radius 3 is 2.86 bits per heavy atom. The van der Waals surface area contributed by atoms with Crippen LogP contribution in [0.1, 0.15) is 43.2 Å². The van der Waals surface area contributed by atoms with Gasteiger partial charge < -0.3 is 15.6 Å². The highest BCUT2D eigenvalue weighted by Gasteiger charge is 2.24.